The normalized spacial score (nSPS) is 10.5. The summed E-state index contributed by atoms with van der Waals surface area (Å²) in [6.07, 6.45) is 0. The molecule has 4 N–H and O–H groups in total. The Morgan fingerprint density at radius 1 is 1.16 bits per heavy atom. The van der Waals surface area contributed by atoms with Crippen LogP contribution in [0.4, 0.5) is 11.5 Å². The second kappa shape index (κ2) is 4.45. The first-order valence-electron chi connectivity index (χ1n) is 5.84. The van der Waals surface area contributed by atoms with E-state index in [4.69, 9.17) is 5.73 Å². The molecular formula is C14H12N4O. The van der Waals surface area contributed by atoms with Crippen LogP contribution in [0.15, 0.2) is 48.5 Å². The molecule has 0 aliphatic heterocycles. The van der Waals surface area contributed by atoms with Crippen LogP contribution in [0.1, 0.15) is 10.4 Å². The first-order chi connectivity index (χ1) is 9.24. The summed E-state index contributed by atoms with van der Waals surface area (Å²) >= 11 is 0. The number of anilines is 2. The van der Waals surface area contributed by atoms with E-state index in [1.807, 2.05) is 24.3 Å². The summed E-state index contributed by atoms with van der Waals surface area (Å²) in [5.74, 6) is 0.285. The van der Waals surface area contributed by atoms with Gasteiger partial charge >= 0.3 is 0 Å². The lowest BCUT2D eigenvalue weighted by Gasteiger charge is -2.03. The monoisotopic (exact) mass is 252 g/mol. The largest absolute Gasteiger partial charge is 0.399 e. The second-order valence-electron chi connectivity index (χ2n) is 4.20. The highest BCUT2D eigenvalue weighted by Gasteiger charge is 2.10. The van der Waals surface area contributed by atoms with Crippen LogP contribution in [0, 0.1) is 0 Å². The van der Waals surface area contributed by atoms with Gasteiger partial charge in [-0.05, 0) is 30.3 Å². The summed E-state index contributed by atoms with van der Waals surface area (Å²) in [7, 11) is 0. The smallest absolute Gasteiger partial charge is 0.256 e. The number of aromatic amines is 1. The van der Waals surface area contributed by atoms with Gasteiger partial charge in [0.15, 0.2) is 5.82 Å². The second-order valence-corrected chi connectivity index (χ2v) is 4.20. The van der Waals surface area contributed by atoms with Crippen LogP contribution in [0.3, 0.4) is 0 Å². The number of hydrogen-bond acceptors (Lipinski definition) is 3. The zero-order chi connectivity index (χ0) is 13.2. The lowest BCUT2D eigenvalue weighted by atomic mass is 10.2. The third-order valence-electron chi connectivity index (χ3n) is 2.85. The lowest BCUT2D eigenvalue weighted by molar-refractivity contribution is 0.102. The fourth-order valence-electron chi connectivity index (χ4n) is 1.92. The Labute approximate surface area is 109 Å². The summed E-state index contributed by atoms with van der Waals surface area (Å²) in [4.78, 5) is 12.1. The molecule has 5 heteroatoms. The van der Waals surface area contributed by atoms with Gasteiger partial charge in [-0.2, -0.15) is 5.10 Å². The Morgan fingerprint density at radius 2 is 2.00 bits per heavy atom. The maximum Gasteiger partial charge on any atom is 0.256 e. The number of benzene rings is 2. The zero-order valence-corrected chi connectivity index (χ0v) is 10.1. The molecule has 1 amide bonds. The number of nitrogen functional groups attached to an aromatic ring is 1. The summed E-state index contributed by atoms with van der Waals surface area (Å²) in [6.45, 7) is 0. The van der Waals surface area contributed by atoms with Crippen LogP contribution in [0.5, 0.6) is 0 Å². The zero-order valence-electron chi connectivity index (χ0n) is 10.1. The van der Waals surface area contributed by atoms with Gasteiger partial charge in [0.05, 0.1) is 5.52 Å². The minimum atomic E-state index is -0.232. The van der Waals surface area contributed by atoms with Crippen molar-refractivity contribution < 1.29 is 4.79 Å². The van der Waals surface area contributed by atoms with Crippen molar-refractivity contribution in [2.24, 2.45) is 0 Å². The highest BCUT2D eigenvalue weighted by atomic mass is 16.1. The fraction of sp³-hybridized carbons (Fsp3) is 0. The molecule has 0 atom stereocenters. The van der Waals surface area contributed by atoms with Gasteiger partial charge < -0.3 is 11.1 Å². The average molecular weight is 252 g/mol. The van der Waals surface area contributed by atoms with Crippen molar-refractivity contribution in [2.75, 3.05) is 11.1 Å². The quantitative estimate of drug-likeness (QED) is 0.612. The predicted octanol–water partition coefficient (Wildman–Crippen LogP) is 2.40. The number of para-hydroxylation sites is 1. The Morgan fingerprint density at radius 3 is 2.84 bits per heavy atom. The molecule has 5 nitrogen and oxygen atoms in total. The van der Waals surface area contributed by atoms with E-state index in [1.165, 1.54) is 0 Å². The molecule has 94 valence electrons. The molecule has 0 aliphatic carbocycles. The van der Waals surface area contributed by atoms with Gasteiger partial charge in [-0.15, -0.1) is 0 Å². The molecule has 0 saturated carbocycles. The van der Waals surface area contributed by atoms with Gasteiger partial charge in [0.1, 0.15) is 0 Å². The number of hydrogen-bond donors (Lipinski definition) is 3. The van der Waals surface area contributed by atoms with Gasteiger partial charge in [0.2, 0.25) is 0 Å². The number of nitrogens with one attached hydrogen (secondary N) is 2. The number of carbonyl (C=O) groups excluding carboxylic acids is 1. The first kappa shape index (κ1) is 11.3. The molecule has 1 heterocycles. The first-order valence-corrected chi connectivity index (χ1v) is 5.84. The van der Waals surface area contributed by atoms with Crippen LogP contribution in [0.2, 0.25) is 0 Å². The number of amides is 1. The molecule has 3 aromatic rings. The van der Waals surface area contributed by atoms with Crippen molar-refractivity contribution in [2.45, 2.75) is 0 Å². The van der Waals surface area contributed by atoms with Crippen molar-refractivity contribution in [1.82, 2.24) is 10.2 Å². The van der Waals surface area contributed by atoms with Gasteiger partial charge in [-0.3, -0.25) is 9.89 Å². The van der Waals surface area contributed by atoms with E-state index < -0.39 is 0 Å². The molecular weight excluding hydrogens is 240 g/mol. The van der Waals surface area contributed by atoms with Gasteiger partial charge in [0.25, 0.3) is 5.91 Å². The molecule has 0 fully saturated rings. The number of aromatic nitrogens is 2. The van der Waals surface area contributed by atoms with Crippen molar-refractivity contribution in [3.8, 4) is 0 Å². The van der Waals surface area contributed by atoms with E-state index in [0.29, 0.717) is 17.1 Å². The van der Waals surface area contributed by atoms with Crippen molar-refractivity contribution in [1.29, 1.82) is 0 Å². The van der Waals surface area contributed by atoms with Crippen molar-refractivity contribution >= 4 is 28.3 Å². The van der Waals surface area contributed by atoms with E-state index in [0.717, 1.165) is 10.9 Å². The van der Waals surface area contributed by atoms with Gasteiger partial charge in [0, 0.05) is 16.6 Å². The molecule has 1 aromatic heterocycles. The van der Waals surface area contributed by atoms with Gasteiger partial charge in [-0.1, -0.05) is 18.2 Å². The fourth-order valence-corrected chi connectivity index (χ4v) is 1.92. The molecule has 0 saturated heterocycles. The average Bonchev–Trinajstić information content (AvgIpc) is 2.82. The van der Waals surface area contributed by atoms with Crippen LogP contribution >= 0.6 is 0 Å². The summed E-state index contributed by atoms with van der Waals surface area (Å²) < 4.78 is 0. The molecule has 0 spiro atoms. The van der Waals surface area contributed by atoms with Crippen molar-refractivity contribution in [3.63, 3.8) is 0 Å². The summed E-state index contributed by atoms with van der Waals surface area (Å²) in [5.41, 5.74) is 7.60. The van der Waals surface area contributed by atoms with Gasteiger partial charge in [-0.25, -0.2) is 0 Å². The van der Waals surface area contributed by atoms with E-state index in [1.54, 1.807) is 24.3 Å². The molecule has 19 heavy (non-hydrogen) atoms. The highest BCUT2D eigenvalue weighted by molar-refractivity contribution is 6.08. The van der Waals surface area contributed by atoms with E-state index >= 15 is 0 Å². The highest BCUT2D eigenvalue weighted by Crippen LogP contribution is 2.20. The molecule has 0 aliphatic rings. The minimum Gasteiger partial charge on any atom is -0.399 e. The van der Waals surface area contributed by atoms with E-state index in [9.17, 15) is 4.79 Å². The van der Waals surface area contributed by atoms with Crippen LogP contribution in [0.25, 0.3) is 10.9 Å². The number of H-pyrrole nitrogens is 1. The number of fused-ring (bicyclic) bond motifs is 1. The minimum absolute atomic E-state index is 0.232. The van der Waals surface area contributed by atoms with Crippen LogP contribution in [-0.4, -0.2) is 16.1 Å². The lowest BCUT2D eigenvalue weighted by Crippen LogP contribution is -2.12. The SMILES string of the molecule is Nc1cccc(C(=O)Nc2n[nH]c3ccccc23)c1. The number of rotatable bonds is 2. The maximum absolute atomic E-state index is 12.1. The molecule has 0 radical (unpaired) electrons. The van der Waals surface area contributed by atoms with Crippen LogP contribution < -0.4 is 11.1 Å². The summed E-state index contributed by atoms with van der Waals surface area (Å²) in [5, 5.41) is 10.6. The molecule has 0 bridgehead atoms. The van der Waals surface area contributed by atoms with E-state index in [-0.39, 0.29) is 5.91 Å². The standard InChI is InChI=1S/C14H12N4O/c15-10-5-3-4-9(8-10)14(19)16-13-11-6-1-2-7-12(11)17-18-13/h1-8H,15H2,(H2,16,17,18,19). The van der Waals surface area contributed by atoms with Crippen molar-refractivity contribution in [3.05, 3.63) is 54.1 Å². The molecule has 2 aromatic carbocycles. The van der Waals surface area contributed by atoms with E-state index in [2.05, 4.69) is 15.5 Å². The summed E-state index contributed by atoms with van der Waals surface area (Å²) in [6, 6.07) is 14.4. The number of nitrogens with zero attached hydrogens (tertiary/aromatic N) is 1. The topological polar surface area (TPSA) is 83.8 Å². The number of carbonyl (C=O) groups is 1. The Kier molecular flexibility index (Phi) is 2.64. The molecule has 3 rings (SSSR count). The third-order valence-corrected chi connectivity index (χ3v) is 2.85. The Bertz CT molecular complexity index is 748. The Balaban J connectivity index is 1.91. The van der Waals surface area contributed by atoms with Crippen LogP contribution in [-0.2, 0) is 0 Å². The third kappa shape index (κ3) is 2.13. The maximum atomic E-state index is 12.1. The molecule has 0 unspecified atom stereocenters. The number of nitrogens with two attached hydrogens (primary N) is 1. The Hall–Kier alpha value is -2.82. The predicted molar refractivity (Wildman–Crippen MR) is 74.9 cm³/mol.